The summed E-state index contributed by atoms with van der Waals surface area (Å²) in [6.07, 6.45) is 10.4. The molecule has 0 aromatic carbocycles. The Kier molecular flexibility index (Phi) is 4.77. The lowest BCUT2D eigenvalue weighted by Gasteiger charge is -2.60. The number of carbonyl (C=O) groups is 2. The first kappa shape index (κ1) is 19.2. The Morgan fingerprint density at radius 2 is 1.96 bits per heavy atom. The van der Waals surface area contributed by atoms with Gasteiger partial charge in [0.15, 0.2) is 0 Å². The van der Waals surface area contributed by atoms with Crippen LogP contribution in [0.3, 0.4) is 0 Å². The highest BCUT2D eigenvalue weighted by molar-refractivity contribution is 5.80. The smallest absolute Gasteiger partial charge is 0.302 e. The maximum Gasteiger partial charge on any atom is 0.302 e. The van der Waals surface area contributed by atoms with Crippen molar-refractivity contribution in [3.05, 3.63) is 11.6 Å². The fourth-order valence-corrected chi connectivity index (χ4v) is 7.61. The molecule has 0 radical (unpaired) electrons. The first-order chi connectivity index (χ1) is 12.8. The molecule has 27 heavy (non-hydrogen) atoms. The van der Waals surface area contributed by atoms with Gasteiger partial charge in [-0.3, -0.25) is 9.59 Å². The third-order valence-electron chi connectivity index (χ3n) is 8.84. The molecular formula is C23H34O4. The molecule has 2 unspecified atom stereocenters. The molecule has 4 aliphatic rings. The Bertz CT molecular complexity index is 667. The summed E-state index contributed by atoms with van der Waals surface area (Å²) in [6.45, 7) is 5.79. The molecule has 0 aromatic rings. The van der Waals surface area contributed by atoms with Crippen molar-refractivity contribution in [2.75, 3.05) is 6.61 Å². The van der Waals surface area contributed by atoms with Gasteiger partial charge in [-0.1, -0.05) is 18.6 Å². The van der Waals surface area contributed by atoms with Gasteiger partial charge in [-0.2, -0.15) is 0 Å². The Hall–Kier alpha value is -1.16. The van der Waals surface area contributed by atoms with E-state index in [9.17, 15) is 14.7 Å². The van der Waals surface area contributed by atoms with Crippen LogP contribution in [0.4, 0.5) is 0 Å². The highest BCUT2D eigenvalue weighted by Gasteiger charge is 2.59. The molecule has 0 aliphatic heterocycles. The van der Waals surface area contributed by atoms with E-state index in [4.69, 9.17) is 4.74 Å². The third kappa shape index (κ3) is 2.82. The lowest BCUT2D eigenvalue weighted by molar-refractivity contribution is -0.160. The number of carbonyl (C=O) groups excluding carboxylic acids is 2. The van der Waals surface area contributed by atoms with E-state index in [1.165, 1.54) is 12.5 Å². The van der Waals surface area contributed by atoms with E-state index >= 15 is 0 Å². The standard InChI is InChI=1S/C23H34O4/c1-14(25)19-6-7-20-18-5-4-16-12-17(27-15(2)26)8-11-23(16,13-24)21(18)9-10-22(19,20)3/h7,16-19,21,24H,4-6,8-13H2,1-3H3/t16?,17?,18-,19+,21-,22+,23+/m0/s1. The van der Waals surface area contributed by atoms with E-state index < -0.39 is 0 Å². The summed E-state index contributed by atoms with van der Waals surface area (Å²) >= 11 is 0. The lowest BCUT2D eigenvalue weighted by Crippen LogP contribution is -2.55. The maximum atomic E-state index is 12.2. The Balaban J connectivity index is 1.59. The maximum absolute atomic E-state index is 12.2. The topological polar surface area (TPSA) is 63.6 Å². The van der Waals surface area contributed by atoms with E-state index in [1.807, 2.05) is 0 Å². The fourth-order valence-electron chi connectivity index (χ4n) is 7.61. The third-order valence-corrected chi connectivity index (χ3v) is 8.84. The largest absolute Gasteiger partial charge is 0.463 e. The minimum atomic E-state index is -0.190. The van der Waals surface area contributed by atoms with Crippen LogP contribution in [-0.4, -0.2) is 29.6 Å². The molecule has 3 fully saturated rings. The van der Waals surface area contributed by atoms with Crippen molar-refractivity contribution in [2.45, 2.75) is 78.2 Å². The number of hydrogen-bond acceptors (Lipinski definition) is 4. The van der Waals surface area contributed by atoms with E-state index in [1.54, 1.807) is 6.92 Å². The Morgan fingerprint density at radius 3 is 2.63 bits per heavy atom. The molecule has 0 aromatic heterocycles. The second-order valence-electron chi connectivity index (χ2n) is 9.90. The van der Waals surface area contributed by atoms with Crippen LogP contribution in [0.5, 0.6) is 0 Å². The van der Waals surface area contributed by atoms with Crippen molar-refractivity contribution in [3.63, 3.8) is 0 Å². The van der Waals surface area contributed by atoms with Gasteiger partial charge >= 0.3 is 5.97 Å². The molecule has 150 valence electrons. The predicted molar refractivity (Wildman–Crippen MR) is 103 cm³/mol. The number of aliphatic hydroxyl groups is 1. The first-order valence-corrected chi connectivity index (χ1v) is 10.8. The molecule has 0 amide bonds. The molecule has 0 saturated heterocycles. The van der Waals surface area contributed by atoms with E-state index in [2.05, 4.69) is 13.0 Å². The second kappa shape index (κ2) is 6.72. The fraction of sp³-hybridized carbons (Fsp3) is 0.826. The van der Waals surface area contributed by atoms with Gasteiger partial charge in [0.2, 0.25) is 0 Å². The van der Waals surface area contributed by atoms with Crippen LogP contribution >= 0.6 is 0 Å². The number of ketones is 1. The van der Waals surface area contributed by atoms with Gasteiger partial charge in [0.1, 0.15) is 11.9 Å². The predicted octanol–water partition coefficient (Wildman–Crippen LogP) is 4.06. The molecule has 0 bridgehead atoms. The van der Waals surface area contributed by atoms with Gasteiger partial charge in [0, 0.05) is 19.4 Å². The SMILES string of the molecule is CC(=O)OC1CC[C@@]2(CO)C(CC[C@H]3C4=CC[C@H](C(C)=O)[C@@]4(C)CC[C@@H]32)C1. The van der Waals surface area contributed by atoms with Gasteiger partial charge in [0.25, 0.3) is 0 Å². The summed E-state index contributed by atoms with van der Waals surface area (Å²) < 4.78 is 5.52. The van der Waals surface area contributed by atoms with Crippen LogP contribution < -0.4 is 0 Å². The van der Waals surface area contributed by atoms with Gasteiger partial charge in [-0.25, -0.2) is 0 Å². The Labute approximate surface area is 162 Å². The van der Waals surface area contributed by atoms with Gasteiger partial charge in [-0.05, 0) is 86.9 Å². The van der Waals surface area contributed by atoms with Crippen molar-refractivity contribution >= 4 is 11.8 Å². The summed E-state index contributed by atoms with van der Waals surface area (Å²) in [4.78, 5) is 23.6. The number of fused-ring (bicyclic) bond motifs is 5. The number of ether oxygens (including phenoxy) is 1. The quantitative estimate of drug-likeness (QED) is 0.598. The number of Topliss-reactive ketones (excluding diaryl/α,β-unsaturated/α-hetero) is 1. The molecule has 3 saturated carbocycles. The van der Waals surface area contributed by atoms with Crippen molar-refractivity contribution in [1.82, 2.24) is 0 Å². The van der Waals surface area contributed by atoms with Gasteiger partial charge < -0.3 is 9.84 Å². The first-order valence-electron chi connectivity index (χ1n) is 10.8. The number of rotatable bonds is 3. The van der Waals surface area contributed by atoms with Crippen LogP contribution in [-0.2, 0) is 14.3 Å². The zero-order valence-electron chi connectivity index (χ0n) is 17.0. The molecule has 1 N–H and O–H groups in total. The number of allylic oxidation sites excluding steroid dienone is 2. The number of hydrogen-bond donors (Lipinski definition) is 1. The lowest BCUT2D eigenvalue weighted by atomic mass is 9.45. The van der Waals surface area contributed by atoms with E-state index in [0.29, 0.717) is 23.5 Å². The molecule has 0 spiro atoms. The molecule has 0 heterocycles. The van der Waals surface area contributed by atoms with E-state index in [-0.39, 0.29) is 35.4 Å². The van der Waals surface area contributed by atoms with Crippen molar-refractivity contribution in [2.24, 2.45) is 34.5 Å². The molecule has 4 aliphatic carbocycles. The minimum Gasteiger partial charge on any atom is -0.463 e. The van der Waals surface area contributed by atoms with Crippen LogP contribution in [0.2, 0.25) is 0 Å². The normalized spacial score (nSPS) is 45.9. The van der Waals surface area contributed by atoms with Crippen molar-refractivity contribution in [1.29, 1.82) is 0 Å². The highest BCUT2D eigenvalue weighted by Crippen LogP contribution is 2.66. The monoisotopic (exact) mass is 374 g/mol. The summed E-state index contributed by atoms with van der Waals surface area (Å²) in [6, 6.07) is 0. The summed E-state index contributed by atoms with van der Waals surface area (Å²) in [5.74, 6) is 1.75. The molecule has 7 atom stereocenters. The van der Waals surface area contributed by atoms with Crippen LogP contribution in [0.25, 0.3) is 0 Å². The molecule has 4 nitrogen and oxygen atoms in total. The zero-order valence-corrected chi connectivity index (χ0v) is 17.0. The van der Waals surface area contributed by atoms with Crippen LogP contribution in [0, 0.1) is 34.5 Å². The van der Waals surface area contributed by atoms with Gasteiger partial charge in [0.05, 0.1) is 0 Å². The summed E-state index contributed by atoms with van der Waals surface area (Å²) in [5.41, 5.74) is 1.52. The van der Waals surface area contributed by atoms with E-state index in [0.717, 1.165) is 51.4 Å². The van der Waals surface area contributed by atoms with Crippen LogP contribution in [0.1, 0.15) is 72.1 Å². The molecule has 4 heteroatoms. The van der Waals surface area contributed by atoms with Gasteiger partial charge in [-0.15, -0.1) is 0 Å². The summed E-state index contributed by atoms with van der Waals surface area (Å²) in [5, 5.41) is 10.5. The number of aliphatic hydroxyl groups excluding tert-OH is 1. The Morgan fingerprint density at radius 1 is 1.19 bits per heavy atom. The zero-order chi connectivity index (χ0) is 19.4. The minimum absolute atomic E-state index is 0.0189. The van der Waals surface area contributed by atoms with Crippen LogP contribution in [0.15, 0.2) is 11.6 Å². The summed E-state index contributed by atoms with van der Waals surface area (Å²) in [7, 11) is 0. The molecular weight excluding hydrogens is 340 g/mol. The number of esters is 1. The highest BCUT2D eigenvalue weighted by atomic mass is 16.5. The average Bonchev–Trinajstić information content (AvgIpc) is 2.98. The van der Waals surface area contributed by atoms with Crippen molar-refractivity contribution in [3.8, 4) is 0 Å². The average molecular weight is 375 g/mol. The molecule has 4 rings (SSSR count). The second-order valence-corrected chi connectivity index (χ2v) is 9.90. The van der Waals surface area contributed by atoms with Crippen molar-refractivity contribution < 1.29 is 19.4 Å².